The number of carbonyl (C=O) groups is 1. The molecule has 0 fully saturated rings. The molecule has 0 aromatic heterocycles. The van der Waals surface area contributed by atoms with Gasteiger partial charge in [-0.05, 0) is 18.6 Å². The minimum atomic E-state index is -0.705. The van der Waals surface area contributed by atoms with E-state index in [9.17, 15) is 9.70 Å². The molecule has 3 heteroatoms. The Bertz CT molecular complexity index is 294. The summed E-state index contributed by atoms with van der Waals surface area (Å²) in [5.41, 5.74) is 1.15. The zero-order valence-corrected chi connectivity index (χ0v) is 6.07. The number of aryl methyl sites for hydroxylation is 1. The van der Waals surface area contributed by atoms with E-state index < -0.39 is 5.91 Å². The largest absolute Gasteiger partial charge is 0.317 e. The first-order valence-corrected chi connectivity index (χ1v) is 3.19. The van der Waals surface area contributed by atoms with Gasteiger partial charge in [0.2, 0.25) is 0 Å². The molecule has 56 valence electrons. The molecule has 0 unspecified atom stereocenters. The maximum Gasteiger partial charge on any atom is 0.317 e. The molecule has 0 aliphatic carbocycles. The van der Waals surface area contributed by atoms with Crippen molar-refractivity contribution in [2.24, 2.45) is 5.18 Å². The molecule has 0 heterocycles. The number of nitrogens with zero attached hydrogens (tertiary/aromatic N) is 1. The van der Waals surface area contributed by atoms with Crippen LogP contribution < -0.4 is 0 Å². The molecule has 0 atom stereocenters. The second-order valence-corrected chi connectivity index (χ2v) is 2.21. The summed E-state index contributed by atoms with van der Waals surface area (Å²) in [7, 11) is 0. The van der Waals surface area contributed by atoms with Gasteiger partial charge in [-0.2, -0.15) is 0 Å². The van der Waals surface area contributed by atoms with Crippen LogP contribution in [0.15, 0.2) is 29.4 Å². The smallest absolute Gasteiger partial charge is 0.263 e. The van der Waals surface area contributed by atoms with Crippen LogP contribution in [0.25, 0.3) is 0 Å². The van der Waals surface area contributed by atoms with E-state index in [0.29, 0.717) is 5.56 Å². The van der Waals surface area contributed by atoms with E-state index in [1.807, 2.05) is 0 Å². The van der Waals surface area contributed by atoms with Crippen molar-refractivity contribution in [3.05, 3.63) is 40.3 Å². The summed E-state index contributed by atoms with van der Waals surface area (Å²) in [5, 5.41) is 2.33. The van der Waals surface area contributed by atoms with Gasteiger partial charge in [-0.1, -0.05) is 18.2 Å². The topological polar surface area (TPSA) is 46.5 Å². The number of benzene rings is 1. The second-order valence-electron chi connectivity index (χ2n) is 2.21. The SMILES string of the molecule is Cc1ccccc1C(=O)N=O. The van der Waals surface area contributed by atoms with Crippen LogP contribution in [-0.2, 0) is 0 Å². The summed E-state index contributed by atoms with van der Waals surface area (Å²) in [4.78, 5) is 20.6. The van der Waals surface area contributed by atoms with Crippen LogP contribution >= 0.6 is 0 Å². The summed E-state index contributed by atoms with van der Waals surface area (Å²) in [6.07, 6.45) is 0. The molecule has 1 amide bonds. The highest BCUT2D eigenvalue weighted by molar-refractivity contribution is 5.96. The van der Waals surface area contributed by atoms with Gasteiger partial charge >= 0.3 is 5.91 Å². The molecule has 0 radical (unpaired) electrons. The van der Waals surface area contributed by atoms with Gasteiger partial charge in [-0.3, -0.25) is 4.79 Å². The summed E-state index contributed by atoms with van der Waals surface area (Å²) in [6, 6.07) is 6.85. The highest BCUT2D eigenvalue weighted by Crippen LogP contribution is 2.07. The van der Waals surface area contributed by atoms with Crippen LogP contribution in [0.4, 0.5) is 0 Å². The standard InChI is InChI=1S/C8H7NO2/c1-6-4-2-3-5-7(6)8(10)9-11/h2-5H,1H3. The zero-order valence-electron chi connectivity index (χ0n) is 6.07. The van der Waals surface area contributed by atoms with Crippen LogP contribution in [0.5, 0.6) is 0 Å². The van der Waals surface area contributed by atoms with Crippen LogP contribution in [0.2, 0.25) is 0 Å². The van der Waals surface area contributed by atoms with E-state index in [1.54, 1.807) is 31.2 Å². The van der Waals surface area contributed by atoms with E-state index in [1.165, 1.54) is 0 Å². The fraction of sp³-hybridized carbons (Fsp3) is 0.125. The Morgan fingerprint density at radius 2 is 2.00 bits per heavy atom. The highest BCUT2D eigenvalue weighted by Gasteiger charge is 2.06. The van der Waals surface area contributed by atoms with E-state index in [2.05, 4.69) is 5.18 Å². The van der Waals surface area contributed by atoms with Crippen LogP contribution in [-0.4, -0.2) is 5.91 Å². The van der Waals surface area contributed by atoms with Gasteiger partial charge in [0.25, 0.3) is 0 Å². The van der Waals surface area contributed by atoms with Gasteiger partial charge in [-0.15, -0.1) is 4.91 Å². The first-order chi connectivity index (χ1) is 5.25. The Morgan fingerprint density at radius 1 is 1.36 bits per heavy atom. The third-order valence-electron chi connectivity index (χ3n) is 1.46. The molecule has 3 nitrogen and oxygen atoms in total. The second kappa shape index (κ2) is 3.05. The van der Waals surface area contributed by atoms with E-state index in [0.717, 1.165) is 5.56 Å². The van der Waals surface area contributed by atoms with E-state index >= 15 is 0 Å². The Hall–Kier alpha value is -1.51. The predicted octanol–water partition coefficient (Wildman–Crippen LogP) is 1.90. The molecule has 0 bridgehead atoms. The van der Waals surface area contributed by atoms with Crippen molar-refractivity contribution in [3.63, 3.8) is 0 Å². The molecule has 0 saturated carbocycles. The van der Waals surface area contributed by atoms with Gasteiger partial charge in [0.1, 0.15) is 0 Å². The first kappa shape index (κ1) is 7.60. The van der Waals surface area contributed by atoms with E-state index in [4.69, 9.17) is 0 Å². The van der Waals surface area contributed by atoms with Gasteiger partial charge < -0.3 is 0 Å². The fourth-order valence-corrected chi connectivity index (χ4v) is 0.862. The van der Waals surface area contributed by atoms with Crippen LogP contribution in [0.1, 0.15) is 15.9 Å². The van der Waals surface area contributed by atoms with Crippen LogP contribution in [0.3, 0.4) is 0 Å². The number of amides is 1. The molecule has 11 heavy (non-hydrogen) atoms. The van der Waals surface area contributed by atoms with Crippen molar-refractivity contribution >= 4 is 5.91 Å². The summed E-state index contributed by atoms with van der Waals surface area (Å²) in [5.74, 6) is -0.705. The number of hydrogen-bond donors (Lipinski definition) is 0. The minimum absolute atomic E-state index is 0.377. The van der Waals surface area contributed by atoms with Crippen molar-refractivity contribution in [2.75, 3.05) is 0 Å². The van der Waals surface area contributed by atoms with Gasteiger partial charge in [0.05, 0.1) is 0 Å². The molecule has 0 aliphatic heterocycles. The van der Waals surface area contributed by atoms with Crippen LogP contribution in [0, 0.1) is 11.8 Å². The molecule has 0 spiro atoms. The third-order valence-corrected chi connectivity index (χ3v) is 1.46. The van der Waals surface area contributed by atoms with Crippen molar-refractivity contribution in [1.29, 1.82) is 0 Å². The number of rotatable bonds is 1. The predicted molar refractivity (Wildman–Crippen MR) is 41.3 cm³/mol. The average molecular weight is 149 g/mol. The van der Waals surface area contributed by atoms with E-state index in [-0.39, 0.29) is 0 Å². The monoisotopic (exact) mass is 149 g/mol. The lowest BCUT2D eigenvalue weighted by Gasteiger charge is -1.95. The maximum atomic E-state index is 10.8. The Kier molecular flexibility index (Phi) is 2.11. The zero-order chi connectivity index (χ0) is 8.27. The Labute approximate surface area is 64.0 Å². The van der Waals surface area contributed by atoms with Crippen molar-refractivity contribution in [2.45, 2.75) is 6.92 Å². The molecule has 0 saturated heterocycles. The lowest BCUT2D eigenvalue weighted by Crippen LogP contribution is -1.95. The van der Waals surface area contributed by atoms with Gasteiger partial charge in [0, 0.05) is 10.7 Å². The van der Waals surface area contributed by atoms with Gasteiger partial charge in [0.15, 0.2) is 0 Å². The Balaban J connectivity index is 3.13. The Morgan fingerprint density at radius 3 is 2.55 bits per heavy atom. The lowest BCUT2D eigenvalue weighted by molar-refractivity contribution is 0.1000. The maximum absolute atomic E-state index is 10.8. The fourth-order valence-electron chi connectivity index (χ4n) is 0.862. The number of nitroso groups, excluding NO2 is 1. The van der Waals surface area contributed by atoms with Crippen molar-refractivity contribution in [3.8, 4) is 0 Å². The molecular weight excluding hydrogens is 142 g/mol. The lowest BCUT2D eigenvalue weighted by atomic mass is 10.1. The molecule has 1 aromatic rings. The van der Waals surface area contributed by atoms with Crippen molar-refractivity contribution in [1.82, 2.24) is 0 Å². The highest BCUT2D eigenvalue weighted by atomic mass is 16.3. The first-order valence-electron chi connectivity index (χ1n) is 3.19. The summed E-state index contributed by atoms with van der Waals surface area (Å²) >= 11 is 0. The summed E-state index contributed by atoms with van der Waals surface area (Å²) < 4.78 is 0. The molecule has 1 rings (SSSR count). The average Bonchev–Trinajstić information content (AvgIpc) is 2.04. The quantitative estimate of drug-likeness (QED) is 0.572. The number of carbonyl (C=O) groups excluding carboxylic acids is 1. The number of hydrogen-bond acceptors (Lipinski definition) is 2. The summed E-state index contributed by atoms with van der Waals surface area (Å²) in [6.45, 7) is 1.76. The van der Waals surface area contributed by atoms with Crippen molar-refractivity contribution < 1.29 is 4.79 Å². The molecular formula is C8H7NO2. The molecule has 0 aliphatic rings. The normalized spacial score (nSPS) is 9.18. The minimum Gasteiger partial charge on any atom is -0.263 e. The molecule has 1 aromatic carbocycles. The third kappa shape index (κ3) is 1.49. The van der Waals surface area contributed by atoms with Gasteiger partial charge in [-0.25, -0.2) is 0 Å². The molecule has 0 N–H and O–H groups in total.